The number of hydrogen-bond acceptors (Lipinski definition) is 5. The Morgan fingerprint density at radius 2 is 2.00 bits per heavy atom. The Balaban J connectivity index is 2.08. The number of ether oxygens (including phenoxy) is 1. The summed E-state index contributed by atoms with van der Waals surface area (Å²) in [5.41, 5.74) is -1.10. The summed E-state index contributed by atoms with van der Waals surface area (Å²) in [5, 5.41) is 0. The van der Waals surface area contributed by atoms with Gasteiger partial charge in [-0.1, -0.05) is 6.07 Å². The van der Waals surface area contributed by atoms with E-state index in [1.165, 1.54) is 18.3 Å². The van der Waals surface area contributed by atoms with Gasteiger partial charge in [0.25, 0.3) is 0 Å². The van der Waals surface area contributed by atoms with Crippen LogP contribution >= 0.6 is 0 Å². The van der Waals surface area contributed by atoms with Gasteiger partial charge in [-0.2, -0.15) is 13.2 Å². The lowest BCUT2D eigenvalue weighted by molar-refractivity contribution is -0.137. The van der Waals surface area contributed by atoms with Crippen LogP contribution in [-0.2, 0) is 32.3 Å². The summed E-state index contributed by atoms with van der Waals surface area (Å²) >= 11 is 0. The number of alkyl halides is 3. The van der Waals surface area contributed by atoms with Gasteiger partial charge in [-0.3, -0.25) is 4.79 Å². The van der Waals surface area contributed by atoms with Crippen molar-refractivity contribution in [1.29, 1.82) is 0 Å². The zero-order chi connectivity index (χ0) is 20.8. The van der Waals surface area contributed by atoms with Gasteiger partial charge in [-0.25, -0.2) is 13.1 Å². The zero-order valence-corrected chi connectivity index (χ0v) is 15.7. The zero-order valence-electron chi connectivity index (χ0n) is 14.9. The van der Waals surface area contributed by atoms with Crippen LogP contribution in [-0.4, -0.2) is 46.0 Å². The van der Waals surface area contributed by atoms with Crippen molar-refractivity contribution in [1.82, 2.24) is 9.62 Å². The van der Waals surface area contributed by atoms with E-state index in [-0.39, 0.29) is 19.7 Å². The second kappa shape index (κ2) is 9.22. The lowest BCUT2D eigenvalue weighted by Gasteiger charge is -2.21. The number of carbonyl (C=O) groups excluding carboxylic acids is 1. The van der Waals surface area contributed by atoms with E-state index in [0.717, 1.165) is 18.2 Å². The molecule has 1 amide bonds. The molecule has 1 heterocycles. The van der Waals surface area contributed by atoms with Gasteiger partial charge >= 0.3 is 6.18 Å². The van der Waals surface area contributed by atoms with E-state index in [2.05, 4.69) is 0 Å². The molecule has 0 aliphatic carbocycles. The molecule has 0 bridgehead atoms. The molecule has 7 nitrogen and oxygen atoms in total. The summed E-state index contributed by atoms with van der Waals surface area (Å²) in [6, 6.07) is 6.58. The summed E-state index contributed by atoms with van der Waals surface area (Å²) in [7, 11) is -2.86. The highest BCUT2D eigenvalue weighted by atomic mass is 32.2. The number of sulfonamides is 1. The van der Waals surface area contributed by atoms with Gasteiger partial charge in [0.2, 0.25) is 15.9 Å². The van der Waals surface area contributed by atoms with Gasteiger partial charge in [0.05, 0.1) is 36.4 Å². The summed E-state index contributed by atoms with van der Waals surface area (Å²) in [6.07, 6.45) is -3.24. The van der Waals surface area contributed by atoms with Crippen molar-refractivity contribution < 1.29 is 35.5 Å². The molecule has 1 aromatic carbocycles. The van der Waals surface area contributed by atoms with Gasteiger partial charge in [0.15, 0.2) is 0 Å². The Morgan fingerprint density at radius 3 is 2.61 bits per heavy atom. The number of methoxy groups -OCH3 is 1. The lowest BCUT2D eigenvalue weighted by Crippen LogP contribution is -2.41. The second-order valence-electron chi connectivity index (χ2n) is 5.74. The first-order valence-corrected chi connectivity index (χ1v) is 9.58. The quantitative estimate of drug-likeness (QED) is 0.672. The van der Waals surface area contributed by atoms with Crippen LogP contribution in [0.2, 0.25) is 0 Å². The van der Waals surface area contributed by atoms with Crippen LogP contribution in [0, 0.1) is 0 Å². The number of nitrogens with one attached hydrogen (secondary N) is 1. The molecule has 0 radical (unpaired) electrons. The molecule has 28 heavy (non-hydrogen) atoms. The molecule has 0 aliphatic heterocycles. The topological polar surface area (TPSA) is 88.8 Å². The lowest BCUT2D eigenvalue weighted by atomic mass is 10.2. The SMILES string of the molecule is COCCN(Cc1ccco1)C(=O)CNS(=O)(=O)c1cccc(C(F)(F)F)c1. The monoisotopic (exact) mass is 420 g/mol. The van der Waals surface area contributed by atoms with Crippen molar-refractivity contribution in [3.8, 4) is 0 Å². The molecule has 1 aromatic heterocycles. The fourth-order valence-corrected chi connectivity index (χ4v) is 3.30. The number of furan rings is 1. The van der Waals surface area contributed by atoms with Crippen molar-refractivity contribution in [3.63, 3.8) is 0 Å². The van der Waals surface area contributed by atoms with E-state index in [9.17, 15) is 26.4 Å². The van der Waals surface area contributed by atoms with Gasteiger partial charge in [0.1, 0.15) is 5.76 Å². The molecule has 0 saturated carbocycles. The number of hydrogen-bond donors (Lipinski definition) is 1. The number of halogens is 3. The molecule has 1 N–H and O–H groups in total. The summed E-state index contributed by atoms with van der Waals surface area (Å²) in [5.74, 6) is -0.0887. The molecule has 0 aliphatic rings. The van der Waals surface area contributed by atoms with Crippen molar-refractivity contribution >= 4 is 15.9 Å². The smallest absolute Gasteiger partial charge is 0.416 e. The number of rotatable bonds is 9. The average Bonchev–Trinajstić information content (AvgIpc) is 3.16. The molecule has 0 fully saturated rings. The Morgan fingerprint density at radius 1 is 1.25 bits per heavy atom. The predicted molar refractivity (Wildman–Crippen MR) is 92.6 cm³/mol. The Labute approximate surface area is 160 Å². The van der Waals surface area contributed by atoms with Crippen LogP contribution < -0.4 is 4.72 Å². The third-order valence-electron chi connectivity index (χ3n) is 3.73. The maximum absolute atomic E-state index is 12.8. The molecular weight excluding hydrogens is 401 g/mol. The molecule has 2 rings (SSSR count). The maximum atomic E-state index is 12.8. The highest BCUT2D eigenvalue weighted by Gasteiger charge is 2.31. The average molecular weight is 420 g/mol. The number of carbonyl (C=O) groups is 1. The number of benzene rings is 1. The van der Waals surface area contributed by atoms with Crippen molar-refractivity contribution in [2.75, 3.05) is 26.8 Å². The van der Waals surface area contributed by atoms with Crippen molar-refractivity contribution in [2.24, 2.45) is 0 Å². The second-order valence-corrected chi connectivity index (χ2v) is 7.50. The molecule has 0 spiro atoms. The third-order valence-corrected chi connectivity index (χ3v) is 5.13. The van der Waals surface area contributed by atoms with E-state index >= 15 is 0 Å². The van der Waals surface area contributed by atoms with E-state index in [1.54, 1.807) is 12.1 Å². The van der Waals surface area contributed by atoms with Crippen molar-refractivity contribution in [3.05, 3.63) is 54.0 Å². The van der Waals surface area contributed by atoms with E-state index in [1.807, 2.05) is 4.72 Å². The molecular formula is C17H19F3N2O5S. The standard InChI is InChI=1S/C17H19F3N2O5S/c1-26-9-7-22(12-14-5-3-8-27-14)16(23)11-21-28(24,25)15-6-2-4-13(10-15)17(18,19)20/h2-6,8,10,21H,7,9,11-12H2,1H3. The van der Waals surface area contributed by atoms with Crippen LogP contribution in [0.15, 0.2) is 52.0 Å². The normalized spacial score (nSPS) is 12.1. The number of nitrogens with zero attached hydrogens (tertiary/aromatic N) is 1. The van der Waals surface area contributed by atoms with Gasteiger partial charge in [0, 0.05) is 13.7 Å². The van der Waals surface area contributed by atoms with Crippen molar-refractivity contribution in [2.45, 2.75) is 17.6 Å². The van der Waals surface area contributed by atoms with Gasteiger partial charge in [-0.15, -0.1) is 0 Å². The molecule has 2 aromatic rings. The minimum absolute atomic E-state index is 0.0977. The highest BCUT2D eigenvalue weighted by molar-refractivity contribution is 7.89. The minimum atomic E-state index is -4.68. The van der Waals surface area contributed by atoms with E-state index in [0.29, 0.717) is 11.8 Å². The van der Waals surface area contributed by atoms with E-state index in [4.69, 9.17) is 9.15 Å². The Kier molecular flexibility index (Phi) is 7.22. The molecule has 11 heteroatoms. The molecule has 0 atom stereocenters. The van der Waals surface area contributed by atoms with E-state index < -0.39 is 39.1 Å². The fraction of sp³-hybridized carbons (Fsp3) is 0.353. The molecule has 0 unspecified atom stereocenters. The van der Waals surface area contributed by atoms with Gasteiger partial charge in [-0.05, 0) is 30.3 Å². The first-order chi connectivity index (χ1) is 13.1. The summed E-state index contributed by atoms with van der Waals surface area (Å²) in [4.78, 5) is 13.1. The maximum Gasteiger partial charge on any atom is 0.416 e. The largest absolute Gasteiger partial charge is 0.467 e. The predicted octanol–water partition coefficient (Wildman–Crippen LogP) is 2.25. The van der Waals surface area contributed by atoms with Crippen LogP contribution in [0.3, 0.4) is 0 Å². The third kappa shape index (κ3) is 6.08. The van der Waals surface area contributed by atoms with Gasteiger partial charge < -0.3 is 14.1 Å². The first-order valence-electron chi connectivity index (χ1n) is 8.09. The van der Waals surface area contributed by atoms with Crippen LogP contribution in [0.5, 0.6) is 0 Å². The minimum Gasteiger partial charge on any atom is -0.467 e. The Hall–Kier alpha value is -2.37. The highest BCUT2D eigenvalue weighted by Crippen LogP contribution is 2.30. The molecule has 0 saturated heterocycles. The van der Waals surface area contributed by atoms with Crippen LogP contribution in [0.1, 0.15) is 11.3 Å². The number of amides is 1. The fourth-order valence-electron chi connectivity index (χ4n) is 2.28. The van der Waals surface area contributed by atoms with Crippen LogP contribution in [0.25, 0.3) is 0 Å². The molecule has 154 valence electrons. The Bertz CT molecular complexity index is 882. The van der Waals surface area contributed by atoms with Crippen LogP contribution in [0.4, 0.5) is 13.2 Å². The summed E-state index contributed by atoms with van der Waals surface area (Å²) in [6.45, 7) is -0.127. The summed E-state index contributed by atoms with van der Waals surface area (Å²) < 4.78 is 75.0. The first kappa shape index (κ1) is 21.9.